The van der Waals surface area contributed by atoms with Crippen LogP contribution in [-0.2, 0) is 6.54 Å². The molecule has 100 valence electrons. The van der Waals surface area contributed by atoms with Gasteiger partial charge in [-0.15, -0.1) is 11.8 Å². The Morgan fingerprint density at radius 2 is 1.83 bits per heavy atom. The van der Waals surface area contributed by atoms with Crippen molar-refractivity contribution >= 4 is 11.8 Å². The Labute approximate surface area is 115 Å². The molecule has 2 nitrogen and oxygen atoms in total. The highest BCUT2D eigenvalue weighted by molar-refractivity contribution is 8.00. The second-order valence-electron chi connectivity index (χ2n) is 4.90. The standard InChI is InChI=1S/C15H24N2S/c1-3-8-14-16-17(15(18-14)9-4-2)12-13-10-6-5-7-11-13/h5-7,10-11,14-16H,3-4,8-9,12H2,1-2H3. The van der Waals surface area contributed by atoms with Crippen LogP contribution in [0.15, 0.2) is 30.3 Å². The Balaban J connectivity index is 1.96. The fourth-order valence-corrected chi connectivity index (χ4v) is 3.96. The number of nitrogens with zero attached hydrogens (tertiary/aromatic N) is 1. The van der Waals surface area contributed by atoms with Crippen LogP contribution in [0.4, 0.5) is 0 Å². The van der Waals surface area contributed by atoms with Crippen LogP contribution >= 0.6 is 11.8 Å². The molecule has 1 heterocycles. The van der Waals surface area contributed by atoms with Crippen molar-refractivity contribution in [2.45, 2.75) is 56.8 Å². The molecule has 1 aromatic rings. The van der Waals surface area contributed by atoms with E-state index in [0.717, 1.165) is 6.54 Å². The zero-order valence-corrected chi connectivity index (χ0v) is 12.2. The first-order valence-electron chi connectivity index (χ1n) is 7.05. The van der Waals surface area contributed by atoms with Gasteiger partial charge in [0.05, 0.1) is 10.7 Å². The highest BCUT2D eigenvalue weighted by Gasteiger charge is 2.30. The van der Waals surface area contributed by atoms with Crippen LogP contribution < -0.4 is 5.43 Å². The minimum atomic E-state index is 0.607. The summed E-state index contributed by atoms with van der Waals surface area (Å²) in [4.78, 5) is 0. The summed E-state index contributed by atoms with van der Waals surface area (Å²) in [5, 5.41) is 3.67. The summed E-state index contributed by atoms with van der Waals surface area (Å²) in [6, 6.07) is 10.7. The number of rotatable bonds is 6. The molecule has 18 heavy (non-hydrogen) atoms. The number of thioether (sulfide) groups is 1. The summed E-state index contributed by atoms with van der Waals surface area (Å²) in [5.41, 5.74) is 5.06. The maximum absolute atomic E-state index is 3.67. The Hall–Kier alpha value is -0.510. The quantitative estimate of drug-likeness (QED) is 0.836. The van der Waals surface area contributed by atoms with E-state index >= 15 is 0 Å². The molecular weight excluding hydrogens is 240 g/mol. The zero-order chi connectivity index (χ0) is 12.8. The van der Waals surface area contributed by atoms with Crippen LogP contribution in [0.25, 0.3) is 0 Å². The van der Waals surface area contributed by atoms with Crippen LogP contribution in [0.1, 0.15) is 45.1 Å². The van der Waals surface area contributed by atoms with Crippen LogP contribution in [0.5, 0.6) is 0 Å². The summed E-state index contributed by atoms with van der Waals surface area (Å²) >= 11 is 2.10. The van der Waals surface area contributed by atoms with E-state index in [9.17, 15) is 0 Å². The van der Waals surface area contributed by atoms with E-state index in [2.05, 4.69) is 66.4 Å². The molecule has 0 bridgehead atoms. The van der Waals surface area contributed by atoms with Crippen molar-refractivity contribution in [2.24, 2.45) is 0 Å². The van der Waals surface area contributed by atoms with Gasteiger partial charge in [0.1, 0.15) is 0 Å². The molecule has 1 aliphatic heterocycles. The number of hydrogen-bond acceptors (Lipinski definition) is 3. The molecule has 1 N–H and O–H groups in total. The van der Waals surface area contributed by atoms with E-state index in [0.29, 0.717) is 10.7 Å². The molecule has 0 aliphatic carbocycles. The van der Waals surface area contributed by atoms with Gasteiger partial charge in [0, 0.05) is 6.54 Å². The van der Waals surface area contributed by atoms with E-state index in [1.54, 1.807) is 0 Å². The minimum absolute atomic E-state index is 0.607. The number of nitrogens with one attached hydrogen (secondary N) is 1. The third kappa shape index (κ3) is 3.74. The number of benzene rings is 1. The van der Waals surface area contributed by atoms with Crippen molar-refractivity contribution in [3.8, 4) is 0 Å². The Kier molecular flexibility index (Phi) is 5.54. The van der Waals surface area contributed by atoms with Crippen LogP contribution in [-0.4, -0.2) is 15.8 Å². The summed E-state index contributed by atoms with van der Waals surface area (Å²) in [6.07, 6.45) is 5.03. The maximum atomic E-state index is 3.67. The lowest BCUT2D eigenvalue weighted by atomic mass is 10.2. The first-order valence-corrected chi connectivity index (χ1v) is 8.00. The molecule has 2 rings (SSSR count). The minimum Gasteiger partial charge on any atom is -0.241 e. The van der Waals surface area contributed by atoms with Crippen molar-refractivity contribution in [3.63, 3.8) is 0 Å². The highest BCUT2D eigenvalue weighted by Crippen LogP contribution is 2.32. The third-order valence-corrected chi connectivity index (χ3v) is 4.74. The lowest BCUT2D eigenvalue weighted by Gasteiger charge is -2.22. The molecule has 0 aromatic heterocycles. The van der Waals surface area contributed by atoms with Gasteiger partial charge in [-0.25, -0.2) is 10.4 Å². The third-order valence-electron chi connectivity index (χ3n) is 3.26. The Bertz CT molecular complexity index is 342. The van der Waals surface area contributed by atoms with Gasteiger partial charge in [-0.1, -0.05) is 57.0 Å². The molecule has 1 fully saturated rings. The Morgan fingerprint density at radius 1 is 1.11 bits per heavy atom. The predicted molar refractivity (Wildman–Crippen MR) is 80.1 cm³/mol. The summed E-state index contributed by atoms with van der Waals surface area (Å²) in [7, 11) is 0. The lowest BCUT2D eigenvalue weighted by Crippen LogP contribution is -2.38. The number of hydrazine groups is 1. The normalized spacial score (nSPS) is 24.6. The predicted octanol–water partition coefficient (Wildman–Crippen LogP) is 3.99. The van der Waals surface area contributed by atoms with Crippen molar-refractivity contribution in [1.82, 2.24) is 10.4 Å². The average Bonchev–Trinajstić information content (AvgIpc) is 2.74. The molecule has 2 atom stereocenters. The average molecular weight is 264 g/mol. The maximum Gasteiger partial charge on any atom is 0.0716 e. The number of hydrogen-bond donors (Lipinski definition) is 1. The van der Waals surface area contributed by atoms with Crippen molar-refractivity contribution in [2.75, 3.05) is 0 Å². The monoisotopic (exact) mass is 264 g/mol. The summed E-state index contributed by atoms with van der Waals surface area (Å²) in [5.74, 6) is 0. The van der Waals surface area contributed by atoms with Gasteiger partial charge in [0.25, 0.3) is 0 Å². The van der Waals surface area contributed by atoms with Crippen LogP contribution in [0.2, 0.25) is 0 Å². The van der Waals surface area contributed by atoms with Gasteiger partial charge in [0.15, 0.2) is 0 Å². The molecule has 0 saturated carbocycles. The SMILES string of the molecule is CCCC1NN(Cc2ccccc2)C(CCC)S1. The van der Waals surface area contributed by atoms with Gasteiger partial charge in [-0.2, -0.15) is 0 Å². The summed E-state index contributed by atoms with van der Waals surface area (Å²) < 4.78 is 0. The van der Waals surface area contributed by atoms with E-state index in [4.69, 9.17) is 0 Å². The largest absolute Gasteiger partial charge is 0.241 e. The first kappa shape index (κ1) is 13.9. The smallest absolute Gasteiger partial charge is 0.0716 e. The fraction of sp³-hybridized carbons (Fsp3) is 0.600. The highest BCUT2D eigenvalue weighted by atomic mass is 32.2. The van der Waals surface area contributed by atoms with E-state index in [-0.39, 0.29) is 0 Å². The summed E-state index contributed by atoms with van der Waals surface area (Å²) in [6.45, 7) is 5.55. The van der Waals surface area contributed by atoms with Crippen molar-refractivity contribution in [1.29, 1.82) is 0 Å². The van der Waals surface area contributed by atoms with E-state index in [1.165, 1.54) is 31.2 Å². The van der Waals surface area contributed by atoms with Gasteiger partial charge in [-0.05, 0) is 18.4 Å². The van der Waals surface area contributed by atoms with E-state index in [1.807, 2.05) is 0 Å². The van der Waals surface area contributed by atoms with Gasteiger partial charge < -0.3 is 0 Å². The zero-order valence-electron chi connectivity index (χ0n) is 11.4. The second-order valence-corrected chi connectivity index (χ2v) is 6.28. The van der Waals surface area contributed by atoms with Crippen molar-refractivity contribution < 1.29 is 0 Å². The topological polar surface area (TPSA) is 15.3 Å². The van der Waals surface area contributed by atoms with Gasteiger partial charge in [0.2, 0.25) is 0 Å². The van der Waals surface area contributed by atoms with Crippen LogP contribution in [0.3, 0.4) is 0 Å². The molecule has 2 unspecified atom stereocenters. The van der Waals surface area contributed by atoms with Crippen molar-refractivity contribution in [3.05, 3.63) is 35.9 Å². The Morgan fingerprint density at radius 3 is 2.50 bits per heavy atom. The lowest BCUT2D eigenvalue weighted by molar-refractivity contribution is 0.169. The molecule has 1 saturated heterocycles. The molecular formula is C15H24N2S. The molecule has 1 aromatic carbocycles. The van der Waals surface area contributed by atoms with E-state index < -0.39 is 0 Å². The molecule has 1 aliphatic rings. The molecule has 0 amide bonds. The van der Waals surface area contributed by atoms with Gasteiger partial charge >= 0.3 is 0 Å². The van der Waals surface area contributed by atoms with Gasteiger partial charge in [-0.3, -0.25) is 0 Å². The molecule has 3 heteroatoms. The molecule has 0 spiro atoms. The fourth-order valence-electron chi connectivity index (χ4n) is 2.35. The molecule has 0 radical (unpaired) electrons. The first-order chi connectivity index (χ1) is 8.83. The second kappa shape index (κ2) is 7.17. The van der Waals surface area contributed by atoms with Crippen LogP contribution in [0, 0.1) is 0 Å².